The Labute approximate surface area is 167 Å². The van der Waals surface area contributed by atoms with E-state index in [0.29, 0.717) is 22.3 Å². The van der Waals surface area contributed by atoms with Crippen molar-refractivity contribution in [2.45, 2.75) is 12.6 Å². The normalized spacial score (nSPS) is 12.8. The van der Waals surface area contributed by atoms with Gasteiger partial charge in [-0.2, -0.15) is 5.10 Å². The van der Waals surface area contributed by atoms with Crippen LogP contribution in [0, 0.1) is 0 Å². The fourth-order valence-corrected chi connectivity index (χ4v) is 3.11. The van der Waals surface area contributed by atoms with Crippen LogP contribution in [-0.2, 0) is 16.1 Å². The van der Waals surface area contributed by atoms with E-state index in [-0.39, 0.29) is 12.7 Å². The minimum Gasteiger partial charge on any atom is -0.399 e. The van der Waals surface area contributed by atoms with Gasteiger partial charge in [-0.15, -0.1) is 0 Å². The number of halogens is 2. The van der Waals surface area contributed by atoms with Gasteiger partial charge in [-0.1, -0.05) is 64.8 Å². The standard InChI is InChI=1S/C19H18Cl2N4O2/c1-26-24-18(14-5-3-2-4-6-14)11-27-19(10-25-13-22-12-23-25)16-8-7-15(20)9-17(16)21/h2-9,12-13,19H,10-11H2,1H3. The lowest BCUT2D eigenvalue weighted by molar-refractivity contribution is 0.0630. The summed E-state index contributed by atoms with van der Waals surface area (Å²) in [4.78, 5) is 8.95. The van der Waals surface area contributed by atoms with Gasteiger partial charge in [-0.3, -0.25) is 4.68 Å². The van der Waals surface area contributed by atoms with Gasteiger partial charge < -0.3 is 9.57 Å². The summed E-state index contributed by atoms with van der Waals surface area (Å²) < 4.78 is 7.85. The number of nitrogens with zero attached hydrogens (tertiary/aromatic N) is 4. The van der Waals surface area contributed by atoms with E-state index in [4.69, 9.17) is 32.8 Å². The molecule has 0 fully saturated rings. The van der Waals surface area contributed by atoms with Gasteiger partial charge in [-0.05, 0) is 12.1 Å². The molecule has 0 aliphatic rings. The molecule has 1 aromatic heterocycles. The summed E-state index contributed by atoms with van der Waals surface area (Å²) in [6.45, 7) is 0.673. The van der Waals surface area contributed by atoms with Gasteiger partial charge in [0, 0.05) is 21.2 Å². The molecule has 2 aromatic carbocycles. The van der Waals surface area contributed by atoms with Gasteiger partial charge in [0.05, 0.1) is 13.2 Å². The molecule has 3 aromatic rings. The van der Waals surface area contributed by atoms with Crippen molar-refractivity contribution >= 4 is 28.9 Å². The van der Waals surface area contributed by atoms with Gasteiger partial charge in [0.1, 0.15) is 31.6 Å². The molecule has 0 N–H and O–H groups in total. The molecule has 1 heterocycles. The number of hydrogen-bond donors (Lipinski definition) is 0. The smallest absolute Gasteiger partial charge is 0.137 e. The van der Waals surface area contributed by atoms with Crippen LogP contribution in [0.2, 0.25) is 10.0 Å². The van der Waals surface area contributed by atoms with E-state index in [9.17, 15) is 0 Å². The van der Waals surface area contributed by atoms with E-state index < -0.39 is 0 Å². The minimum atomic E-state index is -0.373. The first-order chi connectivity index (χ1) is 13.2. The second-order valence-corrected chi connectivity index (χ2v) is 6.51. The third kappa shape index (κ3) is 5.29. The molecule has 0 aliphatic heterocycles. The van der Waals surface area contributed by atoms with Crippen LogP contribution in [0.4, 0.5) is 0 Å². The fraction of sp³-hybridized carbons (Fsp3) is 0.211. The SMILES string of the molecule is CON=C(COC(Cn1cncn1)c1ccc(Cl)cc1Cl)c1ccccc1. The molecular formula is C19H18Cl2N4O2. The predicted octanol–water partition coefficient (Wildman–Crippen LogP) is 4.39. The molecule has 1 unspecified atom stereocenters. The van der Waals surface area contributed by atoms with Gasteiger partial charge in [-0.25, -0.2) is 4.98 Å². The average molecular weight is 405 g/mol. The largest absolute Gasteiger partial charge is 0.399 e. The molecule has 0 bridgehead atoms. The summed E-state index contributed by atoms with van der Waals surface area (Å²) in [6, 6.07) is 15.0. The van der Waals surface area contributed by atoms with Crippen LogP contribution in [0.1, 0.15) is 17.2 Å². The Balaban J connectivity index is 1.83. The van der Waals surface area contributed by atoms with Gasteiger partial charge >= 0.3 is 0 Å². The summed E-state index contributed by atoms with van der Waals surface area (Å²) in [6.07, 6.45) is 2.73. The lowest BCUT2D eigenvalue weighted by Gasteiger charge is -2.20. The molecule has 0 saturated heterocycles. The molecule has 0 saturated carbocycles. The van der Waals surface area contributed by atoms with Crippen LogP contribution in [0.25, 0.3) is 0 Å². The first-order valence-electron chi connectivity index (χ1n) is 8.21. The van der Waals surface area contributed by atoms with Crippen molar-refractivity contribution in [1.29, 1.82) is 0 Å². The maximum Gasteiger partial charge on any atom is 0.137 e. The zero-order chi connectivity index (χ0) is 19.1. The molecule has 0 aliphatic carbocycles. The van der Waals surface area contributed by atoms with E-state index in [1.807, 2.05) is 36.4 Å². The minimum absolute atomic E-state index is 0.232. The van der Waals surface area contributed by atoms with Crippen molar-refractivity contribution in [1.82, 2.24) is 14.8 Å². The summed E-state index contributed by atoms with van der Waals surface area (Å²) >= 11 is 12.4. The maximum absolute atomic E-state index is 6.39. The Morgan fingerprint density at radius 3 is 2.67 bits per heavy atom. The first kappa shape index (κ1) is 19.4. The van der Waals surface area contributed by atoms with Crippen LogP contribution >= 0.6 is 23.2 Å². The summed E-state index contributed by atoms with van der Waals surface area (Å²) in [5, 5.41) is 9.34. The Morgan fingerprint density at radius 2 is 2.00 bits per heavy atom. The lowest BCUT2D eigenvalue weighted by atomic mass is 10.1. The van der Waals surface area contributed by atoms with Crippen LogP contribution in [0.5, 0.6) is 0 Å². The number of aromatic nitrogens is 3. The Hall–Kier alpha value is -2.41. The van der Waals surface area contributed by atoms with Crippen LogP contribution in [0.3, 0.4) is 0 Å². The van der Waals surface area contributed by atoms with Gasteiger partial charge in [0.2, 0.25) is 0 Å². The van der Waals surface area contributed by atoms with Crippen molar-refractivity contribution in [3.63, 3.8) is 0 Å². The third-order valence-corrected chi connectivity index (χ3v) is 4.42. The molecule has 8 heteroatoms. The van der Waals surface area contributed by atoms with Crippen LogP contribution < -0.4 is 0 Å². The summed E-state index contributed by atoms with van der Waals surface area (Å²) in [5.41, 5.74) is 2.40. The second-order valence-electron chi connectivity index (χ2n) is 5.67. The highest BCUT2D eigenvalue weighted by Gasteiger charge is 2.19. The maximum atomic E-state index is 6.39. The summed E-state index contributed by atoms with van der Waals surface area (Å²) in [7, 11) is 1.51. The summed E-state index contributed by atoms with van der Waals surface area (Å²) in [5.74, 6) is 0. The number of oxime groups is 1. The fourth-order valence-electron chi connectivity index (χ4n) is 2.58. The van der Waals surface area contributed by atoms with E-state index in [1.165, 1.54) is 13.4 Å². The first-order valence-corrected chi connectivity index (χ1v) is 8.97. The second kappa shape index (κ2) is 9.50. The highest BCUT2D eigenvalue weighted by molar-refractivity contribution is 6.35. The Bertz CT molecular complexity index is 886. The van der Waals surface area contributed by atoms with E-state index in [2.05, 4.69) is 15.2 Å². The predicted molar refractivity (Wildman–Crippen MR) is 105 cm³/mol. The van der Waals surface area contributed by atoms with E-state index >= 15 is 0 Å². The molecule has 0 spiro atoms. The number of rotatable bonds is 8. The van der Waals surface area contributed by atoms with Crippen molar-refractivity contribution in [2.75, 3.05) is 13.7 Å². The van der Waals surface area contributed by atoms with Crippen LogP contribution in [-0.4, -0.2) is 34.2 Å². The molecule has 0 amide bonds. The van der Waals surface area contributed by atoms with Gasteiger partial charge in [0.15, 0.2) is 0 Å². The number of hydrogen-bond acceptors (Lipinski definition) is 5. The Morgan fingerprint density at radius 1 is 1.19 bits per heavy atom. The lowest BCUT2D eigenvalue weighted by Crippen LogP contribution is -2.19. The molecule has 140 valence electrons. The monoisotopic (exact) mass is 404 g/mol. The van der Waals surface area contributed by atoms with Crippen molar-refractivity contribution in [3.8, 4) is 0 Å². The van der Waals surface area contributed by atoms with Crippen molar-refractivity contribution < 1.29 is 9.57 Å². The average Bonchev–Trinajstić information content (AvgIpc) is 3.18. The zero-order valence-corrected chi connectivity index (χ0v) is 16.1. The molecule has 27 heavy (non-hydrogen) atoms. The molecular weight excluding hydrogens is 387 g/mol. The quantitative estimate of drug-likeness (QED) is 0.412. The third-order valence-electron chi connectivity index (χ3n) is 3.86. The number of benzene rings is 2. The topological polar surface area (TPSA) is 61.5 Å². The van der Waals surface area contributed by atoms with E-state index in [1.54, 1.807) is 23.1 Å². The van der Waals surface area contributed by atoms with Crippen LogP contribution in [0.15, 0.2) is 66.3 Å². The van der Waals surface area contributed by atoms with Gasteiger partial charge in [0.25, 0.3) is 0 Å². The highest BCUT2D eigenvalue weighted by atomic mass is 35.5. The Kier molecular flexibility index (Phi) is 6.81. The molecule has 6 nitrogen and oxygen atoms in total. The molecule has 1 atom stereocenters. The number of ether oxygens (including phenoxy) is 1. The molecule has 0 radical (unpaired) electrons. The van der Waals surface area contributed by atoms with E-state index in [0.717, 1.165) is 11.1 Å². The zero-order valence-electron chi connectivity index (χ0n) is 14.6. The van der Waals surface area contributed by atoms with Crippen molar-refractivity contribution in [2.24, 2.45) is 5.16 Å². The highest BCUT2D eigenvalue weighted by Crippen LogP contribution is 2.29. The molecule has 3 rings (SSSR count). The van der Waals surface area contributed by atoms with Crippen molar-refractivity contribution in [3.05, 3.63) is 82.4 Å².